The quantitative estimate of drug-likeness (QED) is 0.409. The maximum Gasteiger partial charge on any atom is 0.185 e. The molecule has 0 aromatic rings. The molecule has 5 heavy (non-hydrogen) atoms. The van der Waals surface area contributed by atoms with Crippen molar-refractivity contribution in [3.63, 3.8) is 0 Å². The molecular formula is C3H6N2. The largest absolute Gasteiger partial charge is 0.185 e. The first-order valence-corrected chi connectivity index (χ1v) is 1.65. The van der Waals surface area contributed by atoms with E-state index in [4.69, 9.17) is 0 Å². The molecule has 0 aromatic carbocycles. The number of hydrogen-bond acceptors (Lipinski definition) is 2. The predicted octanol–water partition coefficient (Wildman–Crippen LogP) is 1.19. The molecule has 0 saturated carbocycles. The second-order valence-corrected chi connectivity index (χ2v) is 1.69. The molecule has 1 rings (SSSR count). The van der Waals surface area contributed by atoms with E-state index in [9.17, 15) is 0 Å². The van der Waals surface area contributed by atoms with Gasteiger partial charge in [0.05, 0.1) is 0 Å². The lowest BCUT2D eigenvalue weighted by atomic mass is 10.4. The molecule has 0 aromatic heterocycles. The van der Waals surface area contributed by atoms with E-state index in [2.05, 4.69) is 10.2 Å². The molecule has 0 atom stereocenters. The normalized spacial score (nSPS) is 26.8. The van der Waals surface area contributed by atoms with E-state index in [0.717, 1.165) is 0 Å². The Morgan fingerprint density at radius 3 is 1.40 bits per heavy atom. The maximum absolute atomic E-state index is 3.66. The average Bonchev–Trinajstić information content (AvgIpc) is 1.76. The standard InChI is InChI=1S/C3H6N2/c1-3(2)4-5-3/h1-2H3. The Kier molecular flexibility index (Phi) is 0.237. The van der Waals surface area contributed by atoms with Crippen molar-refractivity contribution in [1.29, 1.82) is 0 Å². The van der Waals surface area contributed by atoms with Gasteiger partial charge in [0.2, 0.25) is 0 Å². The molecule has 0 amide bonds. The van der Waals surface area contributed by atoms with Gasteiger partial charge in [0.15, 0.2) is 5.66 Å². The fourth-order valence-electron chi connectivity index (χ4n) is 0.100. The van der Waals surface area contributed by atoms with E-state index >= 15 is 0 Å². The smallest absolute Gasteiger partial charge is 0.160 e. The number of nitrogens with zero attached hydrogens (tertiary/aromatic N) is 2. The summed E-state index contributed by atoms with van der Waals surface area (Å²) in [5, 5.41) is 7.32. The summed E-state index contributed by atoms with van der Waals surface area (Å²) in [7, 11) is 0. The summed E-state index contributed by atoms with van der Waals surface area (Å²) in [5.74, 6) is 0. The van der Waals surface area contributed by atoms with Crippen molar-refractivity contribution in [2.45, 2.75) is 19.5 Å². The third-order valence-electron chi connectivity index (χ3n) is 0.500. The topological polar surface area (TPSA) is 24.7 Å². The molecule has 0 saturated heterocycles. The van der Waals surface area contributed by atoms with E-state index in [-0.39, 0.29) is 5.66 Å². The third-order valence-corrected chi connectivity index (χ3v) is 0.500. The minimum atomic E-state index is 0. The molecule has 0 bridgehead atoms. The van der Waals surface area contributed by atoms with Crippen LogP contribution in [-0.2, 0) is 0 Å². The summed E-state index contributed by atoms with van der Waals surface area (Å²) < 4.78 is 0. The van der Waals surface area contributed by atoms with Gasteiger partial charge in [0.25, 0.3) is 0 Å². The first-order chi connectivity index (χ1) is 2.21. The molecule has 1 heterocycles. The second-order valence-electron chi connectivity index (χ2n) is 1.69. The molecule has 0 radical (unpaired) electrons. The molecular weight excluding hydrogens is 64.0 g/mol. The molecule has 0 fully saturated rings. The number of hydrogen-bond donors (Lipinski definition) is 0. The van der Waals surface area contributed by atoms with Crippen LogP contribution in [0.5, 0.6) is 0 Å². The minimum absolute atomic E-state index is 0. The Morgan fingerprint density at radius 1 is 1.20 bits per heavy atom. The lowest BCUT2D eigenvalue weighted by Crippen LogP contribution is -1.90. The van der Waals surface area contributed by atoms with Gasteiger partial charge in [0.1, 0.15) is 0 Å². The van der Waals surface area contributed by atoms with Gasteiger partial charge in [-0.05, 0) is 13.8 Å². The van der Waals surface area contributed by atoms with E-state index < -0.39 is 0 Å². The highest BCUT2D eigenvalue weighted by molar-refractivity contribution is 4.80. The number of rotatable bonds is 0. The summed E-state index contributed by atoms with van der Waals surface area (Å²) in [6, 6.07) is 0. The first kappa shape index (κ1) is 2.82. The fourth-order valence-corrected chi connectivity index (χ4v) is 0.100. The van der Waals surface area contributed by atoms with Crippen molar-refractivity contribution in [2.75, 3.05) is 0 Å². The van der Waals surface area contributed by atoms with Crippen molar-refractivity contribution in [2.24, 2.45) is 10.2 Å². The lowest BCUT2D eigenvalue weighted by molar-refractivity contribution is 0.752. The van der Waals surface area contributed by atoms with Gasteiger partial charge in [-0.1, -0.05) is 0 Å². The Labute approximate surface area is 30.9 Å². The van der Waals surface area contributed by atoms with Gasteiger partial charge >= 0.3 is 0 Å². The summed E-state index contributed by atoms with van der Waals surface area (Å²) >= 11 is 0. The van der Waals surface area contributed by atoms with Crippen molar-refractivity contribution in [3.05, 3.63) is 0 Å². The van der Waals surface area contributed by atoms with E-state index in [1.807, 2.05) is 13.8 Å². The zero-order valence-corrected chi connectivity index (χ0v) is 3.39. The molecule has 28 valence electrons. The Hall–Kier alpha value is -0.400. The average molecular weight is 70.1 g/mol. The highest BCUT2D eigenvalue weighted by Gasteiger charge is 2.25. The Morgan fingerprint density at radius 2 is 1.40 bits per heavy atom. The maximum atomic E-state index is 3.66. The highest BCUT2D eigenvalue weighted by atomic mass is 15.4. The SMILES string of the molecule is CC1(C)N=N1. The molecule has 0 unspecified atom stereocenters. The van der Waals surface area contributed by atoms with Gasteiger partial charge < -0.3 is 0 Å². The van der Waals surface area contributed by atoms with Crippen LogP contribution in [0.1, 0.15) is 13.8 Å². The molecule has 2 heteroatoms. The van der Waals surface area contributed by atoms with Gasteiger partial charge in [-0.2, -0.15) is 10.2 Å². The van der Waals surface area contributed by atoms with Gasteiger partial charge in [-0.3, -0.25) is 0 Å². The monoisotopic (exact) mass is 70.1 g/mol. The molecule has 1 aliphatic heterocycles. The van der Waals surface area contributed by atoms with Crippen LogP contribution >= 0.6 is 0 Å². The first-order valence-electron chi connectivity index (χ1n) is 1.65. The van der Waals surface area contributed by atoms with Crippen LogP contribution in [0, 0.1) is 0 Å². The van der Waals surface area contributed by atoms with Crippen LogP contribution in [0.4, 0.5) is 0 Å². The fraction of sp³-hybridized carbons (Fsp3) is 1.00. The van der Waals surface area contributed by atoms with Crippen LogP contribution in [0.2, 0.25) is 0 Å². The third kappa shape index (κ3) is 0.436. The lowest BCUT2D eigenvalue weighted by Gasteiger charge is -1.79. The highest BCUT2D eigenvalue weighted by Crippen LogP contribution is 2.24. The predicted molar refractivity (Wildman–Crippen MR) is 18.9 cm³/mol. The summed E-state index contributed by atoms with van der Waals surface area (Å²) in [5.41, 5.74) is 0. The van der Waals surface area contributed by atoms with Gasteiger partial charge in [-0.15, -0.1) is 0 Å². The Balaban J connectivity index is 2.47. The van der Waals surface area contributed by atoms with E-state index in [0.29, 0.717) is 0 Å². The van der Waals surface area contributed by atoms with Gasteiger partial charge in [-0.25, -0.2) is 0 Å². The zero-order chi connectivity index (χ0) is 3.91. The molecule has 0 spiro atoms. The van der Waals surface area contributed by atoms with Crippen molar-refractivity contribution >= 4 is 0 Å². The molecule has 0 aliphatic carbocycles. The molecule has 2 nitrogen and oxygen atoms in total. The van der Waals surface area contributed by atoms with E-state index in [1.54, 1.807) is 0 Å². The zero-order valence-electron chi connectivity index (χ0n) is 3.39. The summed E-state index contributed by atoms with van der Waals surface area (Å²) in [6.07, 6.45) is 0. The van der Waals surface area contributed by atoms with Gasteiger partial charge in [0, 0.05) is 0 Å². The summed E-state index contributed by atoms with van der Waals surface area (Å²) in [4.78, 5) is 0. The van der Waals surface area contributed by atoms with Crippen LogP contribution in [0.15, 0.2) is 10.2 Å². The van der Waals surface area contributed by atoms with Crippen LogP contribution < -0.4 is 0 Å². The molecule has 1 aliphatic rings. The van der Waals surface area contributed by atoms with Crippen molar-refractivity contribution < 1.29 is 0 Å². The molecule has 0 N–H and O–H groups in total. The van der Waals surface area contributed by atoms with Crippen LogP contribution in [-0.4, -0.2) is 5.66 Å². The Bertz CT molecular complexity index is 65.0. The second kappa shape index (κ2) is 0.421. The van der Waals surface area contributed by atoms with Crippen LogP contribution in [0.25, 0.3) is 0 Å². The van der Waals surface area contributed by atoms with Crippen LogP contribution in [0.3, 0.4) is 0 Å². The minimum Gasteiger partial charge on any atom is -0.160 e. The summed E-state index contributed by atoms with van der Waals surface area (Å²) in [6.45, 7) is 3.93. The van der Waals surface area contributed by atoms with Crippen molar-refractivity contribution in [3.8, 4) is 0 Å². The van der Waals surface area contributed by atoms with E-state index in [1.165, 1.54) is 0 Å². The van der Waals surface area contributed by atoms with Crippen molar-refractivity contribution in [1.82, 2.24) is 0 Å².